The average molecular weight is 410 g/mol. The SMILES string of the molecule is COc1cccc(-c2nnn(CC(=O)N[C@@H]3CC(=O)N(c4ccc(F)cc4)C3)n2)c1. The first-order valence-corrected chi connectivity index (χ1v) is 9.29. The second-order valence-electron chi connectivity index (χ2n) is 6.82. The van der Waals surface area contributed by atoms with Gasteiger partial charge in [0.05, 0.1) is 13.2 Å². The van der Waals surface area contributed by atoms with Crippen molar-refractivity contribution in [1.82, 2.24) is 25.5 Å². The predicted octanol–water partition coefficient (Wildman–Crippen LogP) is 1.41. The topological polar surface area (TPSA) is 102 Å². The number of methoxy groups -OCH3 is 1. The van der Waals surface area contributed by atoms with Crippen molar-refractivity contribution in [3.8, 4) is 17.1 Å². The lowest BCUT2D eigenvalue weighted by atomic mass is 10.2. The summed E-state index contributed by atoms with van der Waals surface area (Å²) in [4.78, 5) is 27.3. The van der Waals surface area contributed by atoms with E-state index in [9.17, 15) is 14.0 Å². The molecule has 0 unspecified atom stereocenters. The number of ether oxygens (including phenoxy) is 1. The van der Waals surface area contributed by atoms with Gasteiger partial charge in [-0.25, -0.2) is 4.39 Å². The quantitative estimate of drug-likeness (QED) is 0.659. The number of rotatable bonds is 6. The first kappa shape index (κ1) is 19.5. The van der Waals surface area contributed by atoms with Crippen LogP contribution in [0.3, 0.4) is 0 Å². The zero-order valence-corrected chi connectivity index (χ0v) is 16.2. The molecule has 9 nitrogen and oxygen atoms in total. The van der Waals surface area contributed by atoms with Crippen LogP contribution in [0.1, 0.15) is 6.42 Å². The molecule has 1 aromatic heterocycles. The number of tetrazole rings is 1. The molecule has 0 radical (unpaired) electrons. The predicted molar refractivity (Wildman–Crippen MR) is 105 cm³/mol. The van der Waals surface area contributed by atoms with Gasteiger partial charge in [0.1, 0.15) is 18.1 Å². The molecule has 1 aliphatic heterocycles. The van der Waals surface area contributed by atoms with Gasteiger partial charge in [-0.15, -0.1) is 10.2 Å². The van der Waals surface area contributed by atoms with E-state index in [1.54, 1.807) is 19.2 Å². The van der Waals surface area contributed by atoms with Crippen LogP contribution in [0, 0.1) is 5.82 Å². The van der Waals surface area contributed by atoms with Gasteiger partial charge in [-0.3, -0.25) is 9.59 Å². The fourth-order valence-corrected chi connectivity index (χ4v) is 3.26. The van der Waals surface area contributed by atoms with Crippen LogP contribution < -0.4 is 15.0 Å². The summed E-state index contributed by atoms with van der Waals surface area (Å²) >= 11 is 0. The average Bonchev–Trinajstić information content (AvgIpc) is 3.35. The molecule has 4 rings (SSSR count). The first-order chi connectivity index (χ1) is 14.5. The van der Waals surface area contributed by atoms with Gasteiger partial charge in [-0.2, -0.15) is 4.80 Å². The lowest BCUT2D eigenvalue weighted by Gasteiger charge is -2.17. The maximum Gasteiger partial charge on any atom is 0.243 e. The van der Waals surface area contributed by atoms with Crippen LogP contribution in [0.5, 0.6) is 5.75 Å². The van der Waals surface area contributed by atoms with Crippen LogP contribution in [-0.2, 0) is 16.1 Å². The summed E-state index contributed by atoms with van der Waals surface area (Å²) in [5.41, 5.74) is 1.32. The van der Waals surface area contributed by atoms with E-state index < -0.39 is 0 Å². The van der Waals surface area contributed by atoms with E-state index >= 15 is 0 Å². The minimum absolute atomic E-state index is 0.127. The third-order valence-electron chi connectivity index (χ3n) is 4.69. The van der Waals surface area contributed by atoms with Gasteiger partial charge in [0.25, 0.3) is 0 Å². The van der Waals surface area contributed by atoms with Crippen molar-refractivity contribution in [3.05, 3.63) is 54.3 Å². The van der Waals surface area contributed by atoms with Gasteiger partial charge in [0.15, 0.2) is 0 Å². The molecule has 10 heteroatoms. The number of anilines is 1. The standard InChI is InChI=1S/C20H19FN6O3/c1-30-17-4-2-3-13(9-17)20-23-25-27(24-20)12-18(28)22-15-10-19(29)26(11-15)16-7-5-14(21)6-8-16/h2-9,15H,10-12H2,1H3,(H,22,28)/t15-/m1/s1. The molecule has 0 spiro atoms. The number of carbonyl (C=O) groups is 2. The van der Waals surface area contributed by atoms with Gasteiger partial charge < -0.3 is 15.0 Å². The fraction of sp³-hybridized carbons (Fsp3) is 0.250. The summed E-state index contributed by atoms with van der Waals surface area (Å²) in [6.45, 7) is 0.189. The van der Waals surface area contributed by atoms with Crippen molar-refractivity contribution in [2.24, 2.45) is 0 Å². The smallest absolute Gasteiger partial charge is 0.243 e. The third-order valence-corrected chi connectivity index (χ3v) is 4.69. The monoisotopic (exact) mass is 410 g/mol. The Balaban J connectivity index is 1.35. The maximum absolute atomic E-state index is 13.1. The van der Waals surface area contributed by atoms with E-state index in [1.165, 1.54) is 34.0 Å². The molecule has 1 fully saturated rings. The van der Waals surface area contributed by atoms with Gasteiger partial charge >= 0.3 is 0 Å². The number of aromatic nitrogens is 4. The van der Waals surface area contributed by atoms with Crippen LogP contribution >= 0.6 is 0 Å². The third kappa shape index (κ3) is 4.27. The molecule has 0 bridgehead atoms. The number of benzene rings is 2. The highest BCUT2D eigenvalue weighted by Crippen LogP contribution is 2.22. The second kappa shape index (κ2) is 8.27. The lowest BCUT2D eigenvalue weighted by Crippen LogP contribution is -2.39. The van der Waals surface area contributed by atoms with Crippen LogP contribution in [0.15, 0.2) is 48.5 Å². The molecule has 2 aromatic carbocycles. The highest BCUT2D eigenvalue weighted by Gasteiger charge is 2.31. The molecule has 2 amide bonds. The Morgan fingerprint density at radius 3 is 2.83 bits per heavy atom. The van der Waals surface area contributed by atoms with Gasteiger partial charge in [0.2, 0.25) is 17.6 Å². The number of amides is 2. The molecule has 3 aromatic rings. The van der Waals surface area contributed by atoms with Crippen LogP contribution in [0.2, 0.25) is 0 Å². The highest BCUT2D eigenvalue weighted by atomic mass is 19.1. The summed E-state index contributed by atoms with van der Waals surface area (Å²) < 4.78 is 18.3. The Labute approximate surface area is 171 Å². The molecular formula is C20H19FN6O3. The van der Waals surface area contributed by atoms with E-state index in [4.69, 9.17) is 4.74 Å². The summed E-state index contributed by atoms with van der Waals surface area (Å²) in [5, 5.41) is 14.9. The fourth-order valence-electron chi connectivity index (χ4n) is 3.26. The maximum atomic E-state index is 13.1. The van der Waals surface area contributed by atoms with Crippen LogP contribution in [0.25, 0.3) is 11.4 Å². The zero-order valence-electron chi connectivity index (χ0n) is 16.2. The Morgan fingerprint density at radius 1 is 1.27 bits per heavy atom. The number of halogens is 1. The molecular weight excluding hydrogens is 391 g/mol. The van der Waals surface area contributed by atoms with E-state index in [1.807, 2.05) is 12.1 Å². The summed E-state index contributed by atoms with van der Waals surface area (Å²) in [6, 6.07) is 12.5. The molecule has 1 saturated heterocycles. The molecule has 154 valence electrons. The molecule has 2 heterocycles. The van der Waals surface area contributed by atoms with E-state index in [-0.39, 0.29) is 36.6 Å². The van der Waals surface area contributed by atoms with Gasteiger partial charge in [-0.05, 0) is 41.6 Å². The number of carbonyl (C=O) groups excluding carboxylic acids is 2. The van der Waals surface area contributed by atoms with Crippen molar-refractivity contribution in [2.75, 3.05) is 18.6 Å². The Hall–Kier alpha value is -3.82. The number of nitrogens with one attached hydrogen (secondary N) is 1. The largest absolute Gasteiger partial charge is 0.497 e. The molecule has 0 aliphatic carbocycles. The first-order valence-electron chi connectivity index (χ1n) is 9.29. The Morgan fingerprint density at radius 2 is 2.07 bits per heavy atom. The van der Waals surface area contributed by atoms with Crippen molar-refractivity contribution >= 4 is 17.5 Å². The number of hydrogen-bond acceptors (Lipinski definition) is 6. The van der Waals surface area contributed by atoms with Crippen molar-refractivity contribution < 1.29 is 18.7 Å². The lowest BCUT2D eigenvalue weighted by molar-refractivity contribution is -0.122. The molecule has 1 N–H and O–H groups in total. The highest BCUT2D eigenvalue weighted by molar-refractivity contribution is 5.96. The summed E-state index contributed by atoms with van der Waals surface area (Å²) in [6.07, 6.45) is 0.170. The van der Waals surface area contributed by atoms with Crippen LogP contribution in [-0.4, -0.2) is 51.7 Å². The minimum Gasteiger partial charge on any atom is -0.497 e. The van der Waals surface area contributed by atoms with Crippen molar-refractivity contribution in [3.63, 3.8) is 0 Å². The molecule has 1 aliphatic rings. The molecule has 30 heavy (non-hydrogen) atoms. The van der Waals surface area contributed by atoms with Gasteiger partial charge in [0, 0.05) is 24.2 Å². The summed E-state index contributed by atoms with van der Waals surface area (Å²) in [7, 11) is 1.57. The van der Waals surface area contributed by atoms with Crippen molar-refractivity contribution in [1.29, 1.82) is 0 Å². The summed E-state index contributed by atoms with van der Waals surface area (Å²) in [5.74, 6) is 0.205. The minimum atomic E-state index is -0.371. The van der Waals surface area contributed by atoms with E-state index in [0.717, 1.165) is 5.56 Å². The molecule has 0 saturated carbocycles. The zero-order chi connectivity index (χ0) is 21.1. The van der Waals surface area contributed by atoms with E-state index in [2.05, 4.69) is 20.7 Å². The van der Waals surface area contributed by atoms with E-state index in [0.29, 0.717) is 23.8 Å². The van der Waals surface area contributed by atoms with Crippen molar-refractivity contribution in [2.45, 2.75) is 19.0 Å². The van der Waals surface area contributed by atoms with Gasteiger partial charge in [-0.1, -0.05) is 12.1 Å². The second-order valence-corrected chi connectivity index (χ2v) is 6.82. The molecule has 1 atom stereocenters. The Kier molecular flexibility index (Phi) is 5.38. The number of hydrogen-bond donors (Lipinski definition) is 1. The van der Waals surface area contributed by atoms with Crippen LogP contribution in [0.4, 0.5) is 10.1 Å². The number of nitrogens with zero attached hydrogens (tertiary/aromatic N) is 5. The Bertz CT molecular complexity index is 1070. The normalized spacial score (nSPS) is 16.0.